The quantitative estimate of drug-likeness (QED) is 0.925. The van der Waals surface area contributed by atoms with E-state index in [1.807, 2.05) is 19.1 Å². The van der Waals surface area contributed by atoms with Crippen molar-refractivity contribution in [2.45, 2.75) is 51.4 Å². The van der Waals surface area contributed by atoms with Crippen LogP contribution in [0.5, 0.6) is 5.88 Å². The highest BCUT2D eigenvalue weighted by molar-refractivity contribution is 5.74. The molecule has 2 heterocycles. The predicted octanol–water partition coefficient (Wildman–Crippen LogP) is 2.33. The van der Waals surface area contributed by atoms with E-state index in [0.717, 1.165) is 18.4 Å². The fraction of sp³-hybridized carbons (Fsp3) is 0.647. The Hall–Kier alpha value is -1.82. The Morgan fingerprint density at radius 1 is 1.43 bits per heavy atom. The molecule has 2 aliphatic rings. The lowest BCUT2D eigenvalue weighted by Gasteiger charge is -2.31. The number of morpholine rings is 1. The van der Waals surface area contributed by atoms with Gasteiger partial charge in [-0.25, -0.2) is 9.78 Å². The molecule has 0 aromatic carbocycles. The van der Waals surface area contributed by atoms with Crippen molar-refractivity contribution in [3.05, 3.63) is 23.9 Å². The molecule has 23 heavy (non-hydrogen) atoms. The number of urea groups is 1. The Bertz CT molecular complexity index is 514. The number of amides is 2. The molecule has 6 nitrogen and oxygen atoms in total. The Morgan fingerprint density at radius 3 is 2.96 bits per heavy atom. The molecule has 3 rings (SSSR count). The van der Waals surface area contributed by atoms with Gasteiger partial charge in [-0.2, -0.15) is 0 Å². The third kappa shape index (κ3) is 4.58. The number of pyridine rings is 1. The smallest absolute Gasteiger partial charge is 0.317 e. The summed E-state index contributed by atoms with van der Waals surface area (Å²) in [5, 5.41) is 2.93. The van der Waals surface area contributed by atoms with Gasteiger partial charge in [-0.15, -0.1) is 0 Å². The lowest BCUT2D eigenvalue weighted by molar-refractivity contribution is -0.00351. The van der Waals surface area contributed by atoms with Crippen LogP contribution in [0.2, 0.25) is 0 Å². The van der Waals surface area contributed by atoms with Gasteiger partial charge in [0, 0.05) is 31.9 Å². The Labute approximate surface area is 137 Å². The summed E-state index contributed by atoms with van der Waals surface area (Å²) in [6.45, 7) is 4.33. The van der Waals surface area contributed by atoms with Gasteiger partial charge in [-0.3, -0.25) is 0 Å². The summed E-state index contributed by atoms with van der Waals surface area (Å²) in [7, 11) is 0. The maximum Gasteiger partial charge on any atom is 0.317 e. The normalized spacial score (nSPS) is 22.1. The summed E-state index contributed by atoms with van der Waals surface area (Å²) in [6, 6.07) is 3.79. The molecule has 1 N–H and O–H groups in total. The second kappa shape index (κ2) is 7.64. The minimum Gasteiger partial charge on any atom is -0.474 e. The second-order valence-electron chi connectivity index (χ2n) is 6.32. The van der Waals surface area contributed by atoms with Crippen molar-refractivity contribution in [3.63, 3.8) is 0 Å². The number of nitrogens with one attached hydrogen (secondary N) is 1. The maximum absolute atomic E-state index is 12.1. The average Bonchev–Trinajstić information content (AvgIpc) is 3.07. The topological polar surface area (TPSA) is 63.7 Å². The van der Waals surface area contributed by atoms with Crippen LogP contribution < -0.4 is 10.1 Å². The number of hydrogen-bond donors (Lipinski definition) is 1. The van der Waals surface area contributed by atoms with Crippen molar-refractivity contribution in [2.24, 2.45) is 0 Å². The van der Waals surface area contributed by atoms with Crippen LogP contribution >= 0.6 is 0 Å². The summed E-state index contributed by atoms with van der Waals surface area (Å²) < 4.78 is 11.3. The zero-order chi connectivity index (χ0) is 16.1. The van der Waals surface area contributed by atoms with E-state index in [0.29, 0.717) is 38.2 Å². The van der Waals surface area contributed by atoms with E-state index in [9.17, 15) is 4.79 Å². The van der Waals surface area contributed by atoms with Gasteiger partial charge in [-0.05, 0) is 38.2 Å². The minimum absolute atomic E-state index is 0.0496. The zero-order valence-corrected chi connectivity index (χ0v) is 13.7. The highest BCUT2D eigenvalue weighted by atomic mass is 16.5. The van der Waals surface area contributed by atoms with E-state index in [-0.39, 0.29) is 12.1 Å². The lowest BCUT2D eigenvalue weighted by Crippen LogP contribution is -2.48. The van der Waals surface area contributed by atoms with E-state index in [1.165, 1.54) is 12.8 Å². The zero-order valence-electron chi connectivity index (χ0n) is 13.7. The first-order chi connectivity index (χ1) is 11.2. The first-order valence-electron chi connectivity index (χ1n) is 8.46. The summed E-state index contributed by atoms with van der Waals surface area (Å²) in [6.07, 6.45) is 6.92. The molecule has 1 aliphatic heterocycles. The molecule has 1 atom stereocenters. The van der Waals surface area contributed by atoms with Crippen molar-refractivity contribution in [3.8, 4) is 5.88 Å². The molecule has 126 valence electrons. The summed E-state index contributed by atoms with van der Waals surface area (Å²) >= 11 is 0. The van der Waals surface area contributed by atoms with Crippen LogP contribution in [0.1, 0.15) is 38.2 Å². The summed E-state index contributed by atoms with van der Waals surface area (Å²) in [4.78, 5) is 18.3. The number of rotatable bonds is 4. The van der Waals surface area contributed by atoms with Crippen LogP contribution in [0.15, 0.2) is 18.3 Å². The van der Waals surface area contributed by atoms with Gasteiger partial charge < -0.3 is 19.7 Å². The molecule has 6 heteroatoms. The third-order valence-corrected chi connectivity index (χ3v) is 4.36. The van der Waals surface area contributed by atoms with E-state index in [4.69, 9.17) is 9.47 Å². The fourth-order valence-corrected chi connectivity index (χ4v) is 3.05. The molecule has 1 aliphatic carbocycles. The van der Waals surface area contributed by atoms with Gasteiger partial charge in [0.1, 0.15) is 6.10 Å². The Morgan fingerprint density at radius 2 is 2.26 bits per heavy atom. The maximum atomic E-state index is 12.1. The van der Waals surface area contributed by atoms with E-state index >= 15 is 0 Å². The first kappa shape index (κ1) is 16.1. The van der Waals surface area contributed by atoms with Crippen molar-refractivity contribution >= 4 is 6.03 Å². The highest BCUT2D eigenvalue weighted by Crippen LogP contribution is 2.22. The van der Waals surface area contributed by atoms with Crippen LogP contribution in [-0.2, 0) is 11.3 Å². The van der Waals surface area contributed by atoms with Gasteiger partial charge >= 0.3 is 6.03 Å². The number of carbonyl (C=O) groups is 1. The van der Waals surface area contributed by atoms with Crippen molar-refractivity contribution in [2.75, 3.05) is 19.7 Å². The number of hydrogen-bond acceptors (Lipinski definition) is 4. The number of ether oxygens (including phenoxy) is 2. The number of nitrogens with zero attached hydrogens (tertiary/aromatic N) is 2. The van der Waals surface area contributed by atoms with Crippen molar-refractivity contribution < 1.29 is 14.3 Å². The highest BCUT2D eigenvalue weighted by Gasteiger charge is 2.21. The van der Waals surface area contributed by atoms with Gasteiger partial charge in [0.15, 0.2) is 0 Å². The van der Waals surface area contributed by atoms with Crippen LogP contribution in [0, 0.1) is 0 Å². The van der Waals surface area contributed by atoms with E-state index < -0.39 is 0 Å². The lowest BCUT2D eigenvalue weighted by atomic mass is 10.2. The number of carbonyl (C=O) groups excluding carboxylic acids is 1. The first-order valence-corrected chi connectivity index (χ1v) is 8.46. The number of aromatic nitrogens is 1. The van der Waals surface area contributed by atoms with Crippen LogP contribution in [0.25, 0.3) is 0 Å². The molecule has 0 bridgehead atoms. The van der Waals surface area contributed by atoms with Crippen LogP contribution in [0.4, 0.5) is 4.79 Å². The average molecular weight is 319 g/mol. The molecular weight excluding hydrogens is 294 g/mol. The fourth-order valence-electron chi connectivity index (χ4n) is 3.05. The van der Waals surface area contributed by atoms with Crippen LogP contribution in [-0.4, -0.2) is 47.8 Å². The van der Waals surface area contributed by atoms with E-state index in [2.05, 4.69) is 10.3 Å². The monoisotopic (exact) mass is 319 g/mol. The van der Waals surface area contributed by atoms with Gasteiger partial charge in [-0.1, -0.05) is 6.07 Å². The SMILES string of the molecule is CC1CN(C(=O)NCc2ccc(OC3CCCC3)nc2)CCO1. The molecule has 1 aromatic rings. The molecule has 2 amide bonds. The Balaban J connectivity index is 1.45. The van der Waals surface area contributed by atoms with Crippen LogP contribution in [0.3, 0.4) is 0 Å². The largest absolute Gasteiger partial charge is 0.474 e. The Kier molecular flexibility index (Phi) is 5.33. The van der Waals surface area contributed by atoms with Gasteiger partial charge in [0.05, 0.1) is 12.7 Å². The predicted molar refractivity (Wildman–Crippen MR) is 86.3 cm³/mol. The third-order valence-electron chi connectivity index (χ3n) is 4.36. The molecular formula is C17H25N3O3. The standard InChI is InChI=1S/C17H25N3O3/c1-13-12-20(8-9-22-13)17(21)19-11-14-6-7-16(18-10-14)23-15-4-2-3-5-15/h6-7,10,13,15H,2-5,8-9,11-12H2,1H3,(H,19,21). The molecule has 1 aromatic heterocycles. The molecule has 1 saturated heterocycles. The van der Waals surface area contributed by atoms with Gasteiger partial charge in [0.25, 0.3) is 0 Å². The summed E-state index contributed by atoms with van der Waals surface area (Å²) in [5.74, 6) is 0.675. The molecule has 2 fully saturated rings. The molecule has 0 radical (unpaired) electrons. The van der Waals surface area contributed by atoms with Gasteiger partial charge in [0.2, 0.25) is 5.88 Å². The molecule has 0 spiro atoms. The molecule has 1 unspecified atom stereocenters. The summed E-state index contributed by atoms with van der Waals surface area (Å²) in [5.41, 5.74) is 0.971. The second-order valence-corrected chi connectivity index (χ2v) is 6.32. The van der Waals surface area contributed by atoms with Crippen molar-refractivity contribution in [1.82, 2.24) is 15.2 Å². The molecule has 1 saturated carbocycles. The van der Waals surface area contributed by atoms with Crippen molar-refractivity contribution in [1.29, 1.82) is 0 Å². The minimum atomic E-state index is -0.0496. The van der Waals surface area contributed by atoms with E-state index in [1.54, 1.807) is 11.1 Å².